The Balaban J connectivity index is 1.59. The Hall–Kier alpha value is -2.39. The molecule has 3 saturated heterocycles. The van der Waals surface area contributed by atoms with Gasteiger partial charge < -0.3 is 10.2 Å². The predicted octanol–water partition coefficient (Wildman–Crippen LogP) is 3.44. The molecule has 3 nitrogen and oxygen atoms in total. The molecular formula is C22H24N2O. The number of hydrogen-bond donors (Lipinski definition) is 1. The second kappa shape index (κ2) is 7.24. The molecule has 3 heterocycles. The van der Waals surface area contributed by atoms with Crippen molar-refractivity contribution in [3.63, 3.8) is 0 Å². The van der Waals surface area contributed by atoms with Crippen LogP contribution in [-0.2, 0) is 4.79 Å². The van der Waals surface area contributed by atoms with E-state index in [1.165, 1.54) is 25.9 Å². The van der Waals surface area contributed by atoms with E-state index in [1.807, 2.05) is 66.7 Å². The molecule has 1 atom stereocenters. The Labute approximate surface area is 149 Å². The second-order valence-electron chi connectivity index (χ2n) is 7.05. The number of hydrogen-bond acceptors (Lipinski definition) is 2. The van der Waals surface area contributed by atoms with Gasteiger partial charge >= 0.3 is 0 Å². The molecule has 2 aromatic carbocycles. The molecular weight excluding hydrogens is 308 g/mol. The second-order valence-corrected chi connectivity index (χ2v) is 7.05. The Kier molecular flexibility index (Phi) is 4.66. The van der Waals surface area contributed by atoms with Crippen molar-refractivity contribution >= 4 is 17.6 Å². The van der Waals surface area contributed by atoms with Gasteiger partial charge in [-0.2, -0.15) is 0 Å². The minimum Gasteiger partial charge on any atom is -0.348 e. The summed E-state index contributed by atoms with van der Waals surface area (Å²) in [4.78, 5) is 15.6. The largest absolute Gasteiger partial charge is 0.348 e. The summed E-state index contributed by atoms with van der Waals surface area (Å²) in [6.45, 7) is 3.36. The summed E-state index contributed by atoms with van der Waals surface area (Å²) < 4.78 is 0. The summed E-state index contributed by atoms with van der Waals surface area (Å²) in [5.74, 6) is 0.663. The van der Waals surface area contributed by atoms with Crippen LogP contribution < -0.4 is 5.32 Å². The number of fused-ring (bicyclic) bond motifs is 3. The van der Waals surface area contributed by atoms with Crippen molar-refractivity contribution in [1.82, 2.24) is 10.2 Å². The predicted molar refractivity (Wildman–Crippen MR) is 102 cm³/mol. The number of nitrogens with zero attached hydrogens (tertiary/aromatic N) is 1. The highest BCUT2D eigenvalue weighted by Crippen LogP contribution is 2.28. The molecule has 1 amide bonds. The molecule has 1 N–H and O–H groups in total. The van der Waals surface area contributed by atoms with Gasteiger partial charge in [0.25, 0.3) is 5.91 Å². The zero-order valence-electron chi connectivity index (χ0n) is 14.4. The normalized spacial score (nSPS) is 25.6. The SMILES string of the molecule is O=C(N[C@H]1CN2CCC1CC2)/C(=C/c1ccccc1)c1ccccc1. The van der Waals surface area contributed by atoms with Crippen LogP contribution in [-0.4, -0.2) is 36.5 Å². The lowest BCUT2D eigenvalue weighted by Gasteiger charge is -2.45. The Morgan fingerprint density at radius 3 is 2.20 bits per heavy atom. The van der Waals surface area contributed by atoms with Gasteiger partial charge in [-0.1, -0.05) is 60.7 Å². The molecule has 2 aromatic rings. The topological polar surface area (TPSA) is 32.3 Å². The summed E-state index contributed by atoms with van der Waals surface area (Å²) in [5.41, 5.74) is 2.75. The highest BCUT2D eigenvalue weighted by molar-refractivity contribution is 6.24. The molecule has 0 radical (unpaired) electrons. The zero-order valence-corrected chi connectivity index (χ0v) is 14.4. The van der Waals surface area contributed by atoms with E-state index in [-0.39, 0.29) is 11.9 Å². The summed E-state index contributed by atoms with van der Waals surface area (Å²) in [6.07, 6.45) is 4.40. The molecule has 0 aromatic heterocycles. The number of carbonyl (C=O) groups excluding carboxylic acids is 1. The van der Waals surface area contributed by atoms with Crippen LogP contribution >= 0.6 is 0 Å². The standard InChI is InChI=1S/C22H24N2O/c25-22(23-21-16-24-13-11-19(21)12-14-24)20(18-9-5-2-6-10-18)15-17-7-3-1-4-8-17/h1-10,15,19,21H,11-14,16H2,(H,23,25)/b20-15+/t21-/m0/s1. The van der Waals surface area contributed by atoms with E-state index in [0.717, 1.165) is 23.2 Å². The van der Waals surface area contributed by atoms with Crippen LogP contribution in [0.25, 0.3) is 11.6 Å². The summed E-state index contributed by atoms with van der Waals surface area (Å²) in [5, 5.41) is 3.32. The molecule has 3 aliphatic rings. The van der Waals surface area contributed by atoms with E-state index in [2.05, 4.69) is 10.2 Å². The minimum atomic E-state index is 0.0359. The monoisotopic (exact) mass is 332 g/mol. The molecule has 0 saturated carbocycles. The number of rotatable bonds is 4. The van der Waals surface area contributed by atoms with Crippen LogP contribution in [0.2, 0.25) is 0 Å². The maximum absolute atomic E-state index is 13.1. The Morgan fingerprint density at radius 2 is 1.60 bits per heavy atom. The van der Waals surface area contributed by atoms with E-state index >= 15 is 0 Å². The number of carbonyl (C=O) groups is 1. The maximum Gasteiger partial charge on any atom is 0.252 e. The van der Waals surface area contributed by atoms with E-state index in [9.17, 15) is 4.79 Å². The molecule has 25 heavy (non-hydrogen) atoms. The first kappa shape index (κ1) is 16.1. The molecule has 3 fully saturated rings. The first-order valence-electron chi connectivity index (χ1n) is 9.15. The maximum atomic E-state index is 13.1. The lowest BCUT2D eigenvalue weighted by Crippen LogP contribution is -2.57. The third kappa shape index (κ3) is 3.67. The van der Waals surface area contributed by atoms with Crippen molar-refractivity contribution in [1.29, 1.82) is 0 Å². The average Bonchev–Trinajstić information content (AvgIpc) is 2.68. The number of amides is 1. The molecule has 5 rings (SSSR count). The average molecular weight is 332 g/mol. The molecule has 3 heteroatoms. The van der Waals surface area contributed by atoms with Gasteiger partial charge in [0.05, 0.1) is 0 Å². The molecule has 3 aliphatic heterocycles. The fourth-order valence-electron chi connectivity index (χ4n) is 3.99. The van der Waals surface area contributed by atoms with E-state index in [0.29, 0.717) is 5.92 Å². The number of benzene rings is 2. The fraction of sp³-hybridized carbons (Fsp3) is 0.318. The van der Waals surface area contributed by atoms with Gasteiger partial charge in [0, 0.05) is 18.2 Å². The van der Waals surface area contributed by atoms with Crippen molar-refractivity contribution in [3.05, 3.63) is 71.8 Å². The van der Waals surface area contributed by atoms with Gasteiger partial charge in [-0.25, -0.2) is 0 Å². The summed E-state index contributed by atoms with van der Waals surface area (Å²) >= 11 is 0. The van der Waals surface area contributed by atoms with E-state index in [4.69, 9.17) is 0 Å². The van der Waals surface area contributed by atoms with E-state index < -0.39 is 0 Å². The lowest BCUT2D eigenvalue weighted by molar-refractivity contribution is -0.117. The van der Waals surface area contributed by atoms with Gasteiger partial charge in [0.2, 0.25) is 0 Å². The van der Waals surface area contributed by atoms with E-state index in [1.54, 1.807) is 0 Å². The minimum absolute atomic E-state index is 0.0359. The number of nitrogens with one attached hydrogen (secondary N) is 1. The van der Waals surface area contributed by atoms with Crippen LogP contribution in [0.4, 0.5) is 0 Å². The van der Waals surface area contributed by atoms with Crippen molar-refractivity contribution in [2.45, 2.75) is 18.9 Å². The quantitative estimate of drug-likeness (QED) is 0.687. The van der Waals surface area contributed by atoms with Gasteiger partial charge in [-0.3, -0.25) is 4.79 Å². The third-order valence-electron chi connectivity index (χ3n) is 5.41. The van der Waals surface area contributed by atoms with Crippen molar-refractivity contribution in [2.75, 3.05) is 19.6 Å². The first-order valence-corrected chi connectivity index (χ1v) is 9.15. The van der Waals surface area contributed by atoms with Gasteiger partial charge in [-0.05, 0) is 49.1 Å². The molecule has 2 bridgehead atoms. The molecule has 128 valence electrons. The van der Waals surface area contributed by atoms with Crippen LogP contribution in [0.15, 0.2) is 60.7 Å². The Morgan fingerprint density at radius 1 is 0.960 bits per heavy atom. The molecule has 0 unspecified atom stereocenters. The smallest absolute Gasteiger partial charge is 0.252 e. The van der Waals surface area contributed by atoms with Crippen molar-refractivity contribution in [2.24, 2.45) is 5.92 Å². The van der Waals surface area contributed by atoms with Crippen molar-refractivity contribution in [3.8, 4) is 0 Å². The van der Waals surface area contributed by atoms with Crippen molar-refractivity contribution < 1.29 is 4.79 Å². The fourth-order valence-corrected chi connectivity index (χ4v) is 3.99. The zero-order chi connectivity index (χ0) is 17.1. The van der Waals surface area contributed by atoms with Gasteiger partial charge in [0.15, 0.2) is 0 Å². The molecule has 0 spiro atoms. The van der Waals surface area contributed by atoms with Gasteiger partial charge in [-0.15, -0.1) is 0 Å². The van der Waals surface area contributed by atoms with Crippen LogP contribution in [0.3, 0.4) is 0 Å². The number of piperidine rings is 3. The summed E-state index contributed by atoms with van der Waals surface area (Å²) in [6, 6.07) is 20.3. The highest BCUT2D eigenvalue weighted by Gasteiger charge is 2.35. The Bertz CT molecular complexity index is 746. The summed E-state index contributed by atoms with van der Waals surface area (Å²) in [7, 11) is 0. The van der Waals surface area contributed by atoms with Crippen LogP contribution in [0.5, 0.6) is 0 Å². The van der Waals surface area contributed by atoms with Gasteiger partial charge in [0.1, 0.15) is 0 Å². The highest BCUT2D eigenvalue weighted by atomic mass is 16.1. The van der Waals surface area contributed by atoms with Crippen LogP contribution in [0.1, 0.15) is 24.0 Å². The lowest BCUT2D eigenvalue weighted by atomic mass is 9.84. The van der Waals surface area contributed by atoms with Crippen LogP contribution in [0, 0.1) is 5.92 Å². The third-order valence-corrected chi connectivity index (χ3v) is 5.41. The first-order chi connectivity index (χ1) is 12.3. The molecule has 0 aliphatic carbocycles.